The van der Waals surface area contributed by atoms with Gasteiger partial charge in [-0.15, -0.1) is 0 Å². The van der Waals surface area contributed by atoms with Crippen molar-refractivity contribution in [1.29, 1.82) is 0 Å². The number of quaternary nitrogens is 1. The van der Waals surface area contributed by atoms with E-state index in [0.717, 1.165) is 23.2 Å². The number of anilines is 1. The van der Waals surface area contributed by atoms with Gasteiger partial charge in [-0.2, -0.15) is 0 Å². The minimum absolute atomic E-state index is 0.255. The number of aliphatic hydroxyl groups is 1. The smallest absolute Gasteiger partial charge is 0.291 e. The number of carbonyl (C=O) groups excluding carboxylic acids is 3. The van der Waals surface area contributed by atoms with Crippen LogP contribution in [-0.4, -0.2) is 60.1 Å². The molecule has 1 spiro atoms. The van der Waals surface area contributed by atoms with Crippen LogP contribution >= 0.6 is 0 Å². The normalized spacial score (nSPS) is 31.4. The molecule has 8 heteroatoms. The summed E-state index contributed by atoms with van der Waals surface area (Å²) in [4.78, 5) is 41.2. The molecule has 3 aliphatic heterocycles. The molecule has 0 aromatic heterocycles. The molecular weight excluding hydrogens is 374 g/mol. The zero-order chi connectivity index (χ0) is 20.9. The highest BCUT2D eigenvalue weighted by Gasteiger charge is 2.74. The quantitative estimate of drug-likeness (QED) is 0.433. The molecule has 8 nitrogen and oxygen atoms in total. The average Bonchev–Trinajstić information content (AvgIpc) is 3.28. The van der Waals surface area contributed by atoms with Crippen molar-refractivity contribution in [2.24, 2.45) is 11.8 Å². The lowest BCUT2D eigenvalue weighted by atomic mass is 9.76. The van der Waals surface area contributed by atoms with Crippen molar-refractivity contribution in [2.45, 2.75) is 44.4 Å². The number of benzene rings is 1. The summed E-state index contributed by atoms with van der Waals surface area (Å²) in [6, 6.07) is 5.13. The lowest BCUT2D eigenvalue weighted by Gasteiger charge is -2.27. The average molecular weight is 402 g/mol. The molecule has 156 valence electrons. The predicted molar refractivity (Wildman–Crippen MR) is 104 cm³/mol. The molecule has 4 N–H and O–H groups in total. The van der Waals surface area contributed by atoms with Gasteiger partial charge in [0.15, 0.2) is 0 Å². The topological polar surface area (TPSA) is 113 Å². The fraction of sp³-hybridized carbons (Fsp3) is 0.571. The Morgan fingerprint density at radius 3 is 2.72 bits per heavy atom. The number of nitrogens with one attached hydrogen (secondary N) is 1. The van der Waals surface area contributed by atoms with Crippen molar-refractivity contribution < 1.29 is 29.5 Å². The van der Waals surface area contributed by atoms with Crippen molar-refractivity contribution in [2.75, 3.05) is 25.6 Å². The number of likely N-dealkylation sites (tertiary alicyclic amines) is 1. The Balaban J connectivity index is 1.82. The first kappa shape index (κ1) is 20.0. The van der Waals surface area contributed by atoms with Crippen molar-refractivity contribution in [1.82, 2.24) is 4.90 Å². The van der Waals surface area contributed by atoms with Gasteiger partial charge in [0.25, 0.3) is 5.91 Å². The zero-order valence-corrected chi connectivity index (χ0v) is 17.0. The van der Waals surface area contributed by atoms with Crippen LogP contribution in [0.25, 0.3) is 0 Å². The number of imide groups is 1. The Hall–Kier alpha value is -2.29. The molecule has 4 rings (SSSR count). The molecule has 3 amide bonds. The minimum Gasteiger partial charge on any atom is -0.387 e. The third-order valence-corrected chi connectivity index (χ3v) is 6.68. The summed E-state index contributed by atoms with van der Waals surface area (Å²) >= 11 is 0. The monoisotopic (exact) mass is 402 g/mol. The summed E-state index contributed by atoms with van der Waals surface area (Å²) < 4.78 is 5.05. The van der Waals surface area contributed by atoms with Gasteiger partial charge in [0.2, 0.25) is 17.4 Å². The molecule has 1 aromatic rings. The van der Waals surface area contributed by atoms with Crippen LogP contribution < -0.4 is 10.6 Å². The summed E-state index contributed by atoms with van der Waals surface area (Å²) in [7, 11) is 1.57. The summed E-state index contributed by atoms with van der Waals surface area (Å²) in [6.45, 7) is 4.31. The first-order valence-corrected chi connectivity index (χ1v) is 10.2. The predicted octanol–water partition coefficient (Wildman–Crippen LogP) is -0.639. The van der Waals surface area contributed by atoms with Crippen LogP contribution in [0.4, 0.5) is 5.69 Å². The van der Waals surface area contributed by atoms with E-state index in [1.165, 1.54) is 4.90 Å². The van der Waals surface area contributed by atoms with E-state index in [2.05, 4.69) is 5.32 Å². The van der Waals surface area contributed by atoms with Crippen LogP contribution in [-0.2, 0) is 31.1 Å². The molecule has 3 heterocycles. The van der Waals surface area contributed by atoms with Gasteiger partial charge < -0.3 is 20.5 Å². The van der Waals surface area contributed by atoms with E-state index in [1.807, 2.05) is 25.1 Å². The van der Waals surface area contributed by atoms with Crippen LogP contribution in [0, 0.1) is 11.8 Å². The molecule has 0 unspecified atom stereocenters. The number of nitrogens with two attached hydrogens (primary N) is 1. The van der Waals surface area contributed by atoms with Gasteiger partial charge in [-0.25, -0.2) is 0 Å². The van der Waals surface area contributed by atoms with Gasteiger partial charge in [-0.1, -0.05) is 25.1 Å². The number of aryl methyl sites for hydroxylation is 1. The van der Waals surface area contributed by atoms with Crippen molar-refractivity contribution >= 4 is 23.4 Å². The second-order valence-corrected chi connectivity index (χ2v) is 8.18. The molecule has 29 heavy (non-hydrogen) atoms. The van der Waals surface area contributed by atoms with Crippen LogP contribution in [0.1, 0.15) is 31.4 Å². The lowest BCUT2D eigenvalue weighted by molar-refractivity contribution is -0.738. The maximum atomic E-state index is 13.4. The molecule has 1 aromatic carbocycles. The Kier molecular flexibility index (Phi) is 4.96. The number of amides is 3. The Bertz CT molecular complexity index is 870. The number of methoxy groups -OCH3 is 1. The van der Waals surface area contributed by atoms with E-state index < -0.39 is 29.5 Å². The van der Waals surface area contributed by atoms with Gasteiger partial charge >= 0.3 is 0 Å². The first-order chi connectivity index (χ1) is 13.9. The van der Waals surface area contributed by atoms with E-state index in [-0.39, 0.29) is 24.3 Å². The van der Waals surface area contributed by atoms with Crippen LogP contribution in [0.5, 0.6) is 0 Å². The summed E-state index contributed by atoms with van der Waals surface area (Å²) in [5.41, 5.74) is 1.24. The number of ether oxygens (including phenoxy) is 1. The third kappa shape index (κ3) is 2.66. The Morgan fingerprint density at radius 2 is 2.07 bits per heavy atom. The van der Waals surface area contributed by atoms with Gasteiger partial charge in [0.05, 0.1) is 5.69 Å². The second kappa shape index (κ2) is 7.19. The Labute approximate surface area is 169 Å². The number of carbonyl (C=O) groups is 3. The van der Waals surface area contributed by atoms with E-state index >= 15 is 0 Å². The number of nitrogens with zero attached hydrogens (tertiary/aromatic N) is 1. The first-order valence-electron chi connectivity index (χ1n) is 10.2. The number of hydrogen-bond acceptors (Lipinski definition) is 5. The number of para-hydroxylation sites is 1. The van der Waals surface area contributed by atoms with E-state index in [4.69, 9.17) is 4.74 Å². The summed E-state index contributed by atoms with van der Waals surface area (Å²) in [5.74, 6) is -2.48. The SMILES string of the molecule is CCc1cccc2c1NC(=O)[C@@]21[NH2+][C@H]([C@@H](C)O)[C@H]2C(=O)N(CCCOC)C(=O)[C@H]21. The number of rotatable bonds is 6. The maximum Gasteiger partial charge on any atom is 0.291 e. The fourth-order valence-electron chi connectivity index (χ4n) is 5.36. The van der Waals surface area contributed by atoms with E-state index in [1.54, 1.807) is 19.4 Å². The second-order valence-electron chi connectivity index (χ2n) is 8.18. The molecule has 0 bridgehead atoms. The third-order valence-electron chi connectivity index (χ3n) is 6.68. The largest absolute Gasteiger partial charge is 0.387 e. The zero-order valence-electron chi connectivity index (χ0n) is 17.0. The molecule has 2 fully saturated rings. The highest BCUT2D eigenvalue weighted by Crippen LogP contribution is 2.50. The van der Waals surface area contributed by atoms with E-state index in [9.17, 15) is 19.5 Å². The van der Waals surface area contributed by atoms with Crippen LogP contribution in [0.2, 0.25) is 0 Å². The summed E-state index contributed by atoms with van der Waals surface area (Å²) in [5, 5.41) is 15.1. The van der Waals surface area contributed by atoms with E-state index in [0.29, 0.717) is 13.0 Å². The molecule has 0 aliphatic carbocycles. The van der Waals surface area contributed by atoms with Crippen molar-refractivity contribution in [3.8, 4) is 0 Å². The number of hydrogen-bond donors (Lipinski definition) is 3. The molecule has 5 atom stereocenters. The van der Waals surface area contributed by atoms with Crippen molar-refractivity contribution in [3.05, 3.63) is 29.3 Å². The van der Waals surface area contributed by atoms with Crippen LogP contribution in [0.15, 0.2) is 18.2 Å². The molecule has 2 saturated heterocycles. The lowest BCUT2D eigenvalue weighted by Crippen LogP contribution is -3.00. The standard InChI is InChI=1S/C21H27N3O5/c1-4-12-7-5-8-13-17(12)22-20(28)21(13)15-14(16(23-21)11(2)25)18(26)24(19(15)27)9-6-10-29-3/h5,7-8,11,14-16,23,25H,4,6,9-10H2,1-3H3,(H,22,28)/p+1/t11-,14+,15+,16-,21-/m1/s1. The molecule has 0 radical (unpaired) electrons. The maximum absolute atomic E-state index is 13.4. The van der Waals surface area contributed by atoms with Gasteiger partial charge in [0.1, 0.15) is 24.0 Å². The minimum atomic E-state index is -1.23. The van der Waals surface area contributed by atoms with Crippen LogP contribution in [0.3, 0.4) is 0 Å². The van der Waals surface area contributed by atoms with Gasteiger partial charge in [-0.3, -0.25) is 19.3 Å². The number of aliphatic hydroxyl groups excluding tert-OH is 1. The van der Waals surface area contributed by atoms with Gasteiger partial charge in [-0.05, 0) is 25.3 Å². The van der Waals surface area contributed by atoms with Crippen molar-refractivity contribution in [3.63, 3.8) is 0 Å². The molecular formula is C21H28N3O5+. The number of fused-ring (bicyclic) bond motifs is 4. The highest BCUT2D eigenvalue weighted by molar-refractivity contribution is 6.14. The highest BCUT2D eigenvalue weighted by atomic mass is 16.5. The fourth-order valence-corrected chi connectivity index (χ4v) is 5.36. The molecule has 0 saturated carbocycles. The summed E-state index contributed by atoms with van der Waals surface area (Å²) in [6.07, 6.45) is 0.430. The molecule has 3 aliphatic rings. The van der Waals surface area contributed by atoms with Gasteiger partial charge in [0, 0.05) is 25.8 Å². The Morgan fingerprint density at radius 1 is 1.31 bits per heavy atom.